The number of methoxy groups -OCH3 is 2. The predicted molar refractivity (Wildman–Crippen MR) is 143 cm³/mol. The Labute approximate surface area is 229 Å². The highest BCUT2D eigenvalue weighted by molar-refractivity contribution is 6.14. The summed E-state index contributed by atoms with van der Waals surface area (Å²) < 4.78 is 39.4. The molecule has 3 atom stereocenters. The van der Waals surface area contributed by atoms with E-state index in [-0.39, 0.29) is 29.0 Å². The molecule has 3 aromatic rings. The number of halogens is 2. The summed E-state index contributed by atoms with van der Waals surface area (Å²) in [6.07, 6.45) is 0.113. The van der Waals surface area contributed by atoms with Gasteiger partial charge in [-0.3, -0.25) is 14.5 Å². The number of rotatable bonds is 5. The number of carbonyl (C=O) groups excluding carboxylic acids is 3. The molecule has 0 saturated heterocycles. The van der Waals surface area contributed by atoms with E-state index >= 15 is 4.39 Å². The smallest absolute Gasteiger partial charge is 0.338 e. The second-order valence-corrected chi connectivity index (χ2v) is 9.50. The minimum absolute atomic E-state index is 0.0200. The molecular weight excluding hydrogens is 518 g/mol. The summed E-state index contributed by atoms with van der Waals surface area (Å²) in [5.74, 6) is -6.72. The highest BCUT2D eigenvalue weighted by Gasteiger charge is 2.51. The van der Waals surface area contributed by atoms with Gasteiger partial charge in [-0.2, -0.15) is 0 Å². The first-order chi connectivity index (χ1) is 19.3. The number of hydrogen-bond acceptors (Lipinski definition) is 7. The summed E-state index contributed by atoms with van der Waals surface area (Å²) in [6.45, 7) is 0. The van der Waals surface area contributed by atoms with E-state index in [4.69, 9.17) is 15.2 Å². The Balaban J connectivity index is 1.84. The molecule has 1 aliphatic heterocycles. The zero-order valence-electron chi connectivity index (χ0n) is 21.8. The van der Waals surface area contributed by atoms with Crippen molar-refractivity contribution in [2.45, 2.75) is 18.3 Å². The largest absolute Gasteiger partial charge is 0.468 e. The highest BCUT2D eigenvalue weighted by Crippen LogP contribution is 2.51. The Morgan fingerprint density at radius 3 is 2.17 bits per heavy atom. The van der Waals surface area contributed by atoms with Crippen molar-refractivity contribution in [3.8, 4) is 0 Å². The second kappa shape index (κ2) is 10.8. The SMILES string of the molecule is COC(=O)C1=C(N)N(c2ccc(F)cc2)C2=C(C(=O)[C@H](C(=O)OC)[C@@H](c3ccccc3)C2)[C@H]1c1ccccc1F. The molecule has 0 spiro atoms. The predicted octanol–water partition coefficient (Wildman–Crippen LogP) is 4.71. The van der Waals surface area contributed by atoms with Crippen LogP contribution >= 0.6 is 0 Å². The molecule has 0 unspecified atom stereocenters. The standard InChI is InChI=1S/C31H26F2N2O5/c1-39-30(37)25-21(17-8-4-3-5-9-17)16-23-26(28(25)36)24(20-10-6-7-11-22(20)33)27(31(38)40-2)29(34)35(23)19-14-12-18(32)13-15-19/h3-15,21,24-25H,16,34H2,1-2H3/t21-,24-,25-/m1/s1. The third-order valence-corrected chi connectivity index (χ3v) is 7.43. The molecule has 7 nitrogen and oxygen atoms in total. The topological polar surface area (TPSA) is 98.9 Å². The van der Waals surface area contributed by atoms with E-state index in [9.17, 15) is 18.8 Å². The number of anilines is 1. The van der Waals surface area contributed by atoms with Crippen LogP contribution in [-0.2, 0) is 23.9 Å². The summed E-state index contributed by atoms with van der Waals surface area (Å²) in [6, 6.07) is 20.1. The lowest BCUT2D eigenvalue weighted by molar-refractivity contribution is -0.150. The molecule has 1 heterocycles. The molecule has 2 N–H and O–H groups in total. The van der Waals surface area contributed by atoms with Crippen LogP contribution in [-0.4, -0.2) is 31.9 Å². The van der Waals surface area contributed by atoms with Crippen LogP contribution in [0, 0.1) is 17.6 Å². The number of Topliss-reactive ketones (excluding diaryl/α,β-unsaturated/α-hetero) is 1. The number of ether oxygens (including phenoxy) is 2. The average molecular weight is 545 g/mol. The molecule has 0 fully saturated rings. The van der Waals surface area contributed by atoms with Gasteiger partial charge in [-0.1, -0.05) is 48.5 Å². The summed E-state index contributed by atoms with van der Waals surface area (Å²) in [4.78, 5) is 42.3. The molecule has 1 aliphatic carbocycles. The third-order valence-electron chi connectivity index (χ3n) is 7.43. The van der Waals surface area contributed by atoms with Crippen LogP contribution in [0.5, 0.6) is 0 Å². The summed E-state index contributed by atoms with van der Waals surface area (Å²) in [5.41, 5.74) is 7.97. The van der Waals surface area contributed by atoms with Crippen LogP contribution in [0.25, 0.3) is 0 Å². The van der Waals surface area contributed by atoms with Gasteiger partial charge in [-0.15, -0.1) is 0 Å². The first-order valence-electron chi connectivity index (χ1n) is 12.6. The molecule has 9 heteroatoms. The van der Waals surface area contributed by atoms with Crippen molar-refractivity contribution >= 4 is 23.4 Å². The lowest BCUT2D eigenvalue weighted by Crippen LogP contribution is -2.46. The molecule has 5 rings (SSSR count). The van der Waals surface area contributed by atoms with Gasteiger partial charge in [0.2, 0.25) is 0 Å². The number of benzene rings is 3. The monoisotopic (exact) mass is 544 g/mol. The van der Waals surface area contributed by atoms with Crippen LogP contribution in [0.1, 0.15) is 29.4 Å². The Bertz CT molecular complexity index is 1550. The molecule has 0 saturated carbocycles. The van der Waals surface area contributed by atoms with Crippen molar-refractivity contribution in [3.63, 3.8) is 0 Å². The van der Waals surface area contributed by atoms with Gasteiger partial charge in [0.05, 0.1) is 25.7 Å². The van der Waals surface area contributed by atoms with Gasteiger partial charge in [0, 0.05) is 28.4 Å². The van der Waals surface area contributed by atoms with Crippen molar-refractivity contribution in [1.82, 2.24) is 0 Å². The summed E-state index contributed by atoms with van der Waals surface area (Å²) >= 11 is 0. The van der Waals surface area contributed by atoms with Gasteiger partial charge >= 0.3 is 11.9 Å². The van der Waals surface area contributed by atoms with E-state index < -0.39 is 47.1 Å². The minimum atomic E-state index is -1.27. The fourth-order valence-corrected chi connectivity index (χ4v) is 5.65. The summed E-state index contributed by atoms with van der Waals surface area (Å²) in [5, 5.41) is 0. The lowest BCUT2D eigenvalue weighted by Gasteiger charge is -2.44. The first-order valence-corrected chi connectivity index (χ1v) is 12.6. The maximum atomic E-state index is 15.4. The molecule has 3 aromatic carbocycles. The van der Waals surface area contributed by atoms with E-state index in [1.807, 2.05) is 6.07 Å². The number of allylic oxidation sites excluding steroid dienone is 2. The van der Waals surface area contributed by atoms with E-state index in [0.717, 1.165) is 7.11 Å². The third kappa shape index (κ3) is 4.43. The Morgan fingerprint density at radius 2 is 1.55 bits per heavy atom. The Hall–Kier alpha value is -4.79. The zero-order valence-corrected chi connectivity index (χ0v) is 21.8. The Morgan fingerprint density at radius 1 is 0.900 bits per heavy atom. The van der Waals surface area contributed by atoms with Crippen molar-refractivity contribution in [2.24, 2.45) is 11.7 Å². The van der Waals surface area contributed by atoms with Gasteiger partial charge in [-0.25, -0.2) is 13.6 Å². The van der Waals surface area contributed by atoms with Crippen LogP contribution in [0.15, 0.2) is 102 Å². The fraction of sp³-hybridized carbons (Fsp3) is 0.194. The molecule has 0 aromatic heterocycles. The molecule has 0 radical (unpaired) electrons. The summed E-state index contributed by atoms with van der Waals surface area (Å²) in [7, 11) is 2.35. The fourth-order valence-electron chi connectivity index (χ4n) is 5.65. The maximum absolute atomic E-state index is 15.4. The number of esters is 2. The van der Waals surface area contributed by atoms with Gasteiger partial charge in [0.1, 0.15) is 23.4 Å². The minimum Gasteiger partial charge on any atom is -0.468 e. The lowest BCUT2D eigenvalue weighted by atomic mass is 9.67. The van der Waals surface area contributed by atoms with Gasteiger partial charge < -0.3 is 15.2 Å². The maximum Gasteiger partial charge on any atom is 0.338 e. The quantitative estimate of drug-likeness (QED) is 0.367. The van der Waals surface area contributed by atoms with Crippen LogP contribution in [0.4, 0.5) is 14.5 Å². The number of carbonyl (C=O) groups is 3. The number of nitrogens with two attached hydrogens (primary N) is 1. The Kier molecular flexibility index (Phi) is 7.21. The zero-order chi connectivity index (χ0) is 28.6. The van der Waals surface area contributed by atoms with Crippen LogP contribution in [0.3, 0.4) is 0 Å². The number of hydrogen-bond donors (Lipinski definition) is 1. The average Bonchev–Trinajstić information content (AvgIpc) is 2.97. The van der Waals surface area contributed by atoms with Crippen molar-refractivity contribution in [1.29, 1.82) is 0 Å². The molecule has 2 aliphatic rings. The molecule has 204 valence electrons. The van der Waals surface area contributed by atoms with Crippen molar-refractivity contribution < 1.29 is 32.6 Å². The molecule has 0 bridgehead atoms. The normalized spacial score (nSPS) is 20.8. The van der Waals surface area contributed by atoms with Crippen LogP contribution in [0.2, 0.25) is 0 Å². The van der Waals surface area contributed by atoms with E-state index in [2.05, 4.69) is 0 Å². The number of ketones is 1. The number of nitrogens with zero attached hydrogens (tertiary/aromatic N) is 1. The van der Waals surface area contributed by atoms with E-state index in [1.54, 1.807) is 30.3 Å². The van der Waals surface area contributed by atoms with Gasteiger partial charge in [0.15, 0.2) is 5.78 Å². The first kappa shape index (κ1) is 26.8. The second-order valence-electron chi connectivity index (χ2n) is 9.50. The highest BCUT2D eigenvalue weighted by atomic mass is 19.1. The van der Waals surface area contributed by atoms with E-state index in [1.165, 1.54) is 54.5 Å². The van der Waals surface area contributed by atoms with Crippen LogP contribution < -0.4 is 10.6 Å². The van der Waals surface area contributed by atoms with Crippen molar-refractivity contribution in [2.75, 3.05) is 19.1 Å². The van der Waals surface area contributed by atoms with Gasteiger partial charge in [0.25, 0.3) is 0 Å². The molecule has 0 amide bonds. The van der Waals surface area contributed by atoms with E-state index in [0.29, 0.717) is 16.9 Å². The van der Waals surface area contributed by atoms with Gasteiger partial charge in [-0.05, 0) is 42.3 Å². The van der Waals surface area contributed by atoms with Crippen molar-refractivity contribution in [3.05, 3.63) is 124 Å². The molecule has 40 heavy (non-hydrogen) atoms. The molecular formula is C31H26F2N2O5.